The maximum absolute atomic E-state index is 9.00. The smallest absolute Gasteiger partial charge is 0.0434 e. The van der Waals surface area contributed by atoms with E-state index in [9.17, 15) is 0 Å². The van der Waals surface area contributed by atoms with Crippen molar-refractivity contribution in [2.24, 2.45) is 5.92 Å². The van der Waals surface area contributed by atoms with Crippen molar-refractivity contribution in [3.63, 3.8) is 0 Å². The Morgan fingerprint density at radius 1 is 1.11 bits per heavy atom. The molecule has 0 spiro atoms. The van der Waals surface area contributed by atoms with Crippen LogP contribution in [0.4, 0.5) is 0 Å². The van der Waals surface area contributed by atoms with Crippen molar-refractivity contribution in [2.75, 3.05) is 19.7 Å². The fourth-order valence-electron chi connectivity index (χ4n) is 2.47. The number of benzene rings is 1. The number of aryl methyl sites for hydroxylation is 1. The van der Waals surface area contributed by atoms with Crippen molar-refractivity contribution in [1.29, 1.82) is 0 Å². The molecule has 2 N–H and O–H groups in total. The van der Waals surface area contributed by atoms with Crippen molar-refractivity contribution in [3.8, 4) is 0 Å². The molecule has 1 rings (SSSR count). The lowest BCUT2D eigenvalue weighted by molar-refractivity contribution is 0.248. The lowest BCUT2D eigenvalue weighted by Gasteiger charge is -2.15. The Labute approximate surface area is 118 Å². The Morgan fingerprint density at radius 2 is 1.89 bits per heavy atom. The molecule has 108 valence electrons. The first kappa shape index (κ1) is 16.2. The van der Waals surface area contributed by atoms with E-state index in [0.717, 1.165) is 19.5 Å². The van der Waals surface area contributed by atoms with Crippen LogP contribution in [0.15, 0.2) is 30.3 Å². The number of hydrogen-bond acceptors (Lipinski definition) is 2. The van der Waals surface area contributed by atoms with Gasteiger partial charge in [-0.3, -0.25) is 0 Å². The summed E-state index contributed by atoms with van der Waals surface area (Å²) in [5.41, 5.74) is 1.44. The van der Waals surface area contributed by atoms with Crippen LogP contribution in [0.25, 0.3) is 0 Å². The van der Waals surface area contributed by atoms with Gasteiger partial charge in [-0.1, -0.05) is 43.7 Å². The molecule has 19 heavy (non-hydrogen) atoms. The van der Waals surface area contributed by atoms with E-state index in [1.54, 1.807) is 0 Å². The number of unbranched alkanes of at least 4 members (excludes halogenated alkanes) is 1. The highest BCUT2D eigenvalue weighted by Crippen LogP contribution is 2.09. The van der Waals surface area contributed by atoms with Crippen LogP contribution < -0.4 is 5.32 Å². The summed E-state index contributed by atoms with van der Waals surface area (Å²) in [5, 5.41) is 12.5. The van der Waals surface area contributed by atoms with Crippen LogP contribution in [0.5, 0.6) is 0 Å². The SMILES string of the molecule is CCCC(CCO)CNCCCCc1ccccc1. The van der Waals surface area contributed by atoms with Gasteiger partial charge >= 0.3 is 0 Å². The largest absolute Gasteiger partial charge is 0.396 e. The molecule has 0 fully saturated rings. The molecule has 1 aromatic rings. The van der Waals surface area contributed by atoms with Gasteiger partial charge in [0.05, 0.1) is 0 Å². The lowest BCUT2D eigenvalue weighted by Crippen LogP contribution is -2.24. The molecule has 1 aromatic carbocycles. The third kappa shape index (κ3) is 8.02. The van der Waals surface area contributed by atoms with E-state index in [1.807, 2.05) is 0 Å². The molecule has 0 radical (unpaired) electrons. The van der Waals surface area contributed by atoms with Gasteiger partial charge in [0.25, 0.3) is 0 Å². The molecule has 2 nitrogen and oxygen atoms in total. The van der Waals surface area contributed by atoms with Gasteiger partial charge < -0.3 is 10.4 Å². The van der Waals surface area contributed by atoms with Crippen LogP contribution in [0, 0.1) is 5.92 Å². The molecule has 1 atom stereocenters. The zero-order chi connectivity index (χ0) is 13.8. The van der Waals surface area contributed by atoms with Crippen molar-refractivity contribution in [2.45, 2.75) is 45.4 Å². The minimum absolute atomic E-state index is 0.320. The lowest BCUT2D eigenvalue weighted by atomic mass is 10.0. The zero-order valence-corrected chi connectivity index (χ0v) is 12.3. The van der Waals surface area contributed by atoms with Crippen LogP contribution in [-0.2, 0) is 6.42 Å². The van der Waals surface area contributed by atoms with Crippen molar-refractivity contribution < 1.29 is 5.11 Å². The number of rotatable bonds is 11. The third-order valence-electron chi connectivity index (χ3n) is 3.58. The predicted octanol–water partition coefficient (Wildman–Crippen LogP) is 3.40. The number of hydrogen-bond donors (Lipinski definition) is 2. The fourth-order valence-corrected chi connectivity index (χ4v) is 2.47. The molecule has 0 aromatic heterocycles. The average molecular weight is 263 g/mol. The van der Waals surface area contributed by atoms with Gasteiger partial charge in [-0.05, 0) is 56.7 Å². The van der Waals surface area contributed by atoms with Crippen molar-refractivity contribution in [1.82, 2.24) is 5.32 Å². The van der Waals surface area contributed by atoms with Crippen molar-refractivity contribution in [3.05, 3.63) is 35.9 Å². The maximum atomic E-state index is 9.00. The maximum Gasteiger partial charge on any atom is 0.0434 e. The second kappa shape index (κ2) is 11.0. The molecule has 0 aliphatic rings. The van der Waals surface area contributed by atoms with E-state index in [1.165, 1.54) is 37.7 Å². The molecule has 1 unspecified atom stereocenters. The normalized spacial score (nSPS) is 12.5. The van der Waals surface area contributed by atoms with Crippen molar-refractivity contribution >= 4 is 0 Å². The van der Waals surface area contributed by atoms with Crippen LogP contribution >= 0.6 is 0 Å². The monoisotopic (exact) mass is 263 g/mol. The molecule has 0 amide bonds. The van der Waals surface area contributed by atoms with Gasteiger partial charge in [-0.15, -0.1) is 0 Å². The first-order valence-corrected chi connectivity index (χ1v) is 7.72. The molecule has 0 aliphatic carbocycles. The first-order chi connectivity index (χ1) is 9.36. The quantitative estimate of drug-likeness (QED) is 0.600. The van der Waals surface area contributed by atoms with Gasteiger partial charge in [-0.25, -0.2) is 0 Å². The first-order valence-electron chi connectivity index (χ1n) is 7.72. The van der Waals surface area contributed by atoms with Gasteiger partial charge in [0.2, 0.25) is 0 Å². The summed E-state index contributed by atoms with van der Waals surface area (Å²) in [5.74, 6) is 0.643. The molecular formula is C17H29NO. The van der Waals surface area contributed by atoms with E-state index < -0.39 is 0 Å². The minimum Gasteiger partial charge on any atom is -0.396 e. The summed E-state index contributed by atoms with van der Waals surface area (Å²) in [6.07, 6.45) is 7.02. The van der Waals surface area contributed by atoms with Crippen LogP contribution in [-0.4, -0.2) is 24.8 Å². The highest BCUT2D eigenvalue weighted by atomic mass is 16.3. The summed E-state index contributed by atoms with van der Waals surface area (Å²) in [6.45, 7) is 4.68. The van der Waals surface area contributed by atoms with E-state index in [4.69, 9.17) is 5.11 Å². The molecule has 0 saturated heterocycles. The van der Waals surface area contributed by atoms with Gasteiger partial charge in [0.15, 0.2) is 0 Å². The van der Waals surface area contributed by atoms with Crippen LogP contribution in [0.2, 0.25) is 0 Å². The summed E-state index contributed by atoms with van der Waals surface area (Å²) in [7, 11) is 0. The number of aliphatic hydroxyl groups is 1. The highest BCUT2D eigenvalue weighted by molar-refractivity contribution is 5.14. The number of aliphatic hydroxyl groups excluding tert-OH is 1. The summed E-state index contributed by atoms with van der Waals surface area (Å²) in [4.78, 5) is 0. The Bertz CT molecular complexity index is 293. The van der Waals surface area contributed by atoms with E-state index in [2.05, 4.69) is 42.6 Å². The van der Waals surface area contributed by atoms with Gasteiger partial charge in [-0.2, -0.15) is 0 Å². The van der Waals surface area contributed by atoms with Crippen LogP contribution in [0.3, 0.4) is 0 Å². The molecule has 0 aliphatic heterocycles. The minimum atomic E-state index is 0.320. The predicted molar refractivity (Wildman–Crippen MR) is 82.4 cm³/mol. The average Bonchev–Trinajstić information content (AvgIpc) is 2.44. The fraction of sp³-hybridized carbons (Fsp3) is 0.647. The number of nitrogens with one attached hydrogen (secondary N) is 1. The molecule has 0 bridgehead atoms. The molecule has 0 saturated carbocycles. The Balaban J connectivity index is 2.01. The summed E-state index contributed by atoms with van der Waals surface area (Å²) >= 11 is 0. The highest BCUT2D eigenvalue weighted by Gasteiger charge is 2.05. The molecule has 2 heteroatoms. The Morgan fingerprint density at radius 3 is 2.58 bits per heavy atom. The third-order valence-corrected chi connectivity index (χ3v) is 3.58. The standard InChI is InChI=1S/C17H29NO/c1-2-8-17(12-14-19)15-18-13-7-6-11-16-9-4-3-5-10-16/h3-5,9-10,17-19H,2,6-8,11-15H2,1H3. The van der Waals surface area contributed by atoms with Gasteiger partial charge in [0.1, 0.15) is 0 Å². The van der Waals surface area contributed by atoms with E-state index in [-0.39, 0.29) is 0 Å². The molecular weight excluding hydrogens is 234 g/mol. The van der Waals surface area contributed by atoms with Crippen LogP contribution in [0.1, 0.15) is 44.6 Å². The van der Waals surface area contributed by atoms with E-state index >= 15 is 0 Å². The molecule has 0 heterocycles. The second-order valence-corrected chi connectivity index (χ2v) is 5.31. The summed E-state index contributed by atoms with van der Waals surface area (Å²) in [6, 6.07) is 10.7. The summed E-state index contributed by atoms with van der Waals surface area (Å²) < 4.78 is 0. The Kier molecular flexibility index (Phi) is 9.38. The zero-order valence-electron chi connectivity index (χ0n) is 12.3. The Hall–Kier alpha value is -0.860. The van der Waals surface area contributed by atoms with E-state index in [0.29, 0.717) is 12.5 Å². The van der Waals surface area contributed by atoms with Gasteiger partial charge in [0, 0.05) is 6.61 Å². The topological polar surface area (TPSA) is 32.3 Å². The second-order valence-electron chi connectivity index (χ2n) is 5.31.